The van der Waals surface area contributed by atoms with Gasteiger partial charge in [0.1, 0.15) is 11.4 Å². The molecule has 1 saturated heterocycles. The molecule has 0 radical (unpaired) electrons. The fourth-order valence-corrected chi connectivity index (χ4v) is 4.56. The van der Waals surface area contributed by atoms with Gasteiger partial charge in [-0.1, -0.05) is 48.2 Å². The van der Waals surface area contributed by atoms with E-state index in [2.05, 4.69) is 46.1 Å². The van der Waals surface area contributed by atoms with Crippen LogP contribution in [0.3, 0.4) is 0 Å². The summed E-state index contributed by atoms with van der Waals surface area (Å²) >= 11 is 0. The number of carbonyl (C=O) groups is 1. The van der Waals surface area contributed by atoms with Gasteiger partial charge in [0, 0.05) is 43.6 Å². The fraction of sp³-hybridized carbons (Fsp3) is 0.346. The predicted octanol–water partition coefficient (Wildman–Crippen LogP) is 4.12. The number of nitrogens with zero attached hydrogens (tertiary/aromatic N) is 4. The van der Waals surface area contributed by atoms with Crippen molar-refractivity contribution in [1.82, 2.24) is 15.0 Å². The molecule has 1 aliphatic carbocycles. The number of fused-ring (bicyclic) bond motifs is 2. The number of piperidine rings is 1. The van der Waals surface area contributed by atoms with E-state index in [1.165, 1.54) is 43.6 Å². The largest absolute Gasteiger partial charge is 0.400 e. The highest BCUT2D eigenvalue weighted by Gasteiger charge is 2.31. The second-order valence-corrected chi connectivity index (χ2v) is 8.18. The van der Waals surface area contributed by atoms with E-state index in [0.29, 0.717) is 23.5 Å². The normalized spacial score (nSPS) is 15.0. The summed E-state index contributed by atoms with van der Waals surface area (Å²) in [4.78, 5) is 15.5. The molecule has 1 aromatic heterocycles. The number of benzene rings is 2. The Labute approximate surface area is 189 Å². The van der Waals surface area contributed by atoms with E-state index >= 15 is 0 Å². The third kappa shape index (κ3) is 4.23. The molecule has 0 saturated carbocycles. The maximum absolute atomic E-state index is 13.0. The molecule has 3 aromatic rings. The van der Waals surface area contributed by atoms with Gasteiger partial charge in [-0.05, 0) is 55.4 Å². The molecule has 0 unspecified atom stereocenters. The summed E-state index contributed by atoms with van der Waals surface area (Å²) in [5, 5.41) is 15.5. The minimum atomic E-state index is -0.0103. The molecule has 1 aliphatic heterocycles. The third-order valence-corrected chi connectivity index (χ3v) is 6.23. The lowest BCUT2D eigenvalue weighted by molar-refractivity contribution is 0.102. The highest BCUT2D eigenvalue weighted by Crippen LogP contribution is 2.33. The Hall–Kier alpha value is -3.25. The first-order valence-electron chi connectivity index (χ1n) is 11.3. The van der Waals surface area contributed by atoms with Crippen molar-refractivity contribution in [3.63, 3.8) is 0 Å². The van der Waals surface area contributed by atoms with Gasteiger partial charge in [-0.15, -0.1) is 5.10 Å². The molecule has 6 heteroatoms. The van der Waals surface area contributed by atoms with Crippen LogP contribution >= 0.6 is 0 Å². The summed E-state index contributed by atoms with van der Waals surface area (Å²) in [5.74, 6) is -0.0103. The molecule has 0 atom stereocenters. The van der Waals surface area contributed by atoms with E-state index in [1.807, 2.05) is 24.3 Å². The predicted molar refractivity (Wildman–Crippen MR) is 127 cm³/mol. The fourth-order valence-electron chi connectivity index (χ4n) is 4.56. The van der Waals surface area contributed by atoms with Crippen LogP contribution in [-0.2, 0) is 13.0 Å². The van der Waals surface area contributed by atoms with Crippen LogP contribution in [-0.4, -0.2) is 46.1 Å². The van der Waals surface area contributed by atoms with Crippen LogP contribution in [0.15, 0.2) is 55.1 Å². The van der Waals surface area contributed by atoms with Gasteiger partial charge in [-0.2, -0.15) is 0 Å². The van der Waals surface area contributed by atoms with Gasteiger partial charge < -0.3 is 10.0 Å². The summed E-state index contributed by atoms with van der Waals surface area (Å²) in [6.45, 7) is 7.14. The molecule has 6 nitrogen and oxygen atoms in total. The molecule has 166 valence electrons. The van der Waals surface area contributed by atoms with Crippen LogP contribution in [0.5, 0.6) is 0 Å². The highest BCUT2D eigenvalue weighted by atomic mass is 16.2. The maximum atomic E-state index is 13.0. The smallest absolute Gasteiger partial charge is 0.213 e. The van der Waals surface area contributed by atoms with Crippen LogP contribution in [0.4, 0.5) is 5.69 Å². The molecular weight excluding hydrogens is 400 g/mol. The molecule has 5 rings (SSSR count). The van der Waals surface area contributed by atoms with Crippen molar-refractivity contribution in [1.29, 1.82) is 0 Å². The highest BCUT2D eigenvalue weighted by molar-refractivity contribution is 6.17. The van der Waals surface area contributed by atoms with E-state index < -0.39 is 0 Å². The zero-order chi connectivity index (χ0) is 22.5. The standard InChI is InChI=1S/C25H26N4O.CH4O/c1-18-21-9-3-4-10-22(21)25(30)24-23(18)26-27-29(24)17-7-8-19-11-13-20(14-12-19)28-15-5-2-6-16-28;1-2/h3-4,9-14H,1-2,5-8,15-17H2;2H,1H3. The Kier molecular flexibility index (Phi) is 6.81. The van der Waals surface area contributed by atoms with Crippen molar-refractivity contribution in [2.75, 3.05) is 25.1 Å². The number of aliphatic hydroxyl groups is 1. The molecule has 2 aliphatic rings. The van der Waals surface area contributed by atoms with Crippen LogP contribution in [0.2, 0.25) is 0 Å². The number of aryl methyl sites for hydroxylation is 2. The number of ketones is 1. The zero-order valence-corrected chi connectivity index (χ0v) is 18.6. The molecule has 1 N–H and O–H groups in total. The Balaban J connectivity index is 0.00000119. The summed E-state index contributed by atoms with van der Waals surface area (Å²) < 4.78 is 1.75. The van der Waals surface area contributed by atoms with Gasteiger partial charge >= 0.3 is 0 Å². The monoisotopic (exact) mass is 430 g/mol. The summed E-state index contributed by atoms with van der Waals surface area (Å²) in [6, 6.07) is 16.5. The quantitative estimate of drug-likeness (QED) is 0.516. The van der Waals surface area contributed by atoms with Gasteiger partial charge in [0.05, 0.1) is 0 Å². The molecule has 0 bridgehead atoms. The van der Waals surface area contributed by atoms with Crippen molar-refractivity contribution in [3.8, 4) is 0 Å². The lowest BCUT2D eigenvalue weighted by Crippen LogP contribution is -2.29. The van der Waals surface area contributed by atoms with Crippen molar-refractivity contribution in [2.45, 2.75) is 38.6 Å². The number of aliphatic hydroxyl groups excluding tert-OH is 1. The first-order valence-corrected chi connectivity index (χ1v) is 11.3. The second kappa shape index (κ2) is 9.92. The van der Waals surface area contributed by atoms with Crippen molar-refractivity contribution < 1.29 is 9.90 Å². The van der Waals surface area contributed by atoms with E-state index in [-0.39, 0.29) is 5.78 Å². The Morgan fingerprint density at radius 2 is 1.66 bits per heavy atom. The SMILES string of the molecule is C=C1c2ccccc2C(=O)c2c1nnn2CCCc1ccc(N2CCCCC2)cc1.CO. The van der Waals surface area contributed by atoms with E-state index in [4.69, 9.17) is 5.11 Å². The van der Waals surface area contributed by atoms with Gasteiger partial charge in [-0.3, -0.25) is 4.79 Å². The Bertz CT molecular complexity index is 1100. The van der Waals surface area contributed by atoms with Gasteiger partial charge in [0.25, 0.3) is 0 Å². The number of anilines is 1. The lowest BCUT2D eigenvalue weighted by atomic mass is 9.88. The van der Waals surface area contributed by atoms with Crippen LogP contribution in [0.25, 0.3) is 5.57 Å². The minimum Gasteiger partial charge on any atom is -0.400 e. The Morgan fingerprint density at radius 3 is 2.38 bits per heavy atom. The van der Waals surface area contributed by atoms with E-state index in [0.717, 1.165) is 31.1 Å². The van der Waals surface area contributed by atoms with E-state index in [1.54, 1.807) is 4.68 Å². The van der Waals surface area contributed by atoms with Gasteiger partial charge in [-0.25, -0.2) is 4.68 Å². The number of carbonyl (C=O) groups excluding carboxylic acids is 1. The zero-order valence-electron chi connectivity index (χ0n) is 18.6. The second-order valence-electron chi connectivity index (χ2n) is 8.18. The van der Waals surface area contributed by atoms with Crippen molar-refractivity contribution >= 4 is 17.0 Å². The molecule has 1 fully saturated rings. The van der Waals surface area contributed by atoms with Crippen molar-refractivity contribution in [3.05, 3.63) is 83.2 Å². The Morgan fingerprint density at radius 1 is 0.969 bits per heavy atom. The average molecular weight is 431 g/mol. The number of hydrogen-bond acceptors (Lipinski definition) is 5. The molecule has 32 heavy (non-hydrogen) atoms. The summed E-state index contributed by atoms with van der Waals surface area (Å²) in [6.07, 6.45) is 5.78. The summed E-state index contributed by atoms with van der Waals surface area (Å²) in [7, 11) is 1.00. The van der Waals surface area contributed by atoms with Gasteiger partial charge in [0.2, 0.25) is 5.78 Å². The number of aromatic nitrogens is 3. The van der Waals surface area contributed by atoms with Crippen LogP contribution in [0.1, 0.15) is 58.6 Å². The van der Waals surface area contributed by atoms with Crippen molar-refractivity contribution in [2.24, 2.45) is 0 Å². The first kappa shape index (κ1) is 22.0. The van der Waals surface area contributed by atoms with E-state index in [9.17, 15) is 4.79 Å². The van der Waals surface area contributed by atoms with Gasteiger partial charge in [0.15, 0.2) is 0 Å². The first-order chi connectivity index (χ1) is 15.7. The topological polar surface area (TPSA) is 71.2 Å². The summed E-state index contributed by atoms with van der Waals surface area (Å²) in [5.41, 5.74) is 6.14. The molecule has 2 aromatic carbocycles. The molecule has 2 heterocycles. The third-order valence-electron chi connectivity index (χ3n) is 6.23. The lowest BCUT2D eigenvalue weighted by Gasteiger charge is -2.28. The average Bonchev–Trinajstić information content (AvgIpc) is 3.29. The molecule has 0 spiro atoms. The molecular formula is C26H30N4O2. The maximum Gasteiger partial charge on any atom is 0.213 e. The number of hydrogen-bond donors (Lipinski definition) is 1. The minimum absolute atomic E-state index is 0.0103. The molecule has 0 amide bonds. The van der Waals surface area contributed by atoms with Crippen LogP contribution < -0.4 is 4.90 Å². The number of rotatable bonds is 5. The van der Waals surface area contributed by atoms with Crippen LogP contribution in [0, 0.1) is 0 Å².